The second-order valence-electron chi connectivity index (χ2n) is 9.03. The number of carbonyl (C=O) groups excluding carboxylic acids is 1. The van der Waals surface area contributed by atoms with Crippen LogP contribution in [0.3, 0.4) is 0 Å². The van der Waals surface area contributed by atoms with Gasteiger partial charge in [0.05, 0.1) is 11.6 Å². The molecule has 1 amide bonds. The van der Waals surface area contributed by atoms with E-state index >= 15 is 0 Å². The molecule has 2 saturated heterocycles. The number of nitrogens with zero attached hydrogens (tertiary/aromatic N) is 1. The molecule has 2 aromatic rings. The highest BCUT2D eigenvalue weighted by atomic mass is 35.5. The molecule has 1 atom stereocenters. The van der Waals surface area contributed by atoms with Crippen LogP contribution in [0, 0.1) is 0 Å². The first-order valence-corrected chi connectivity index (χ1v) is 12.1. The van der Waals surface area contributed by atoms with E-state index in [1.807, 2.05) is 31.2 Å². The molecule has 0 radical (unpaired) electrons. The maximum absolute atomic E-state index is 13.6. The SMILES string of the molecule is C[C@H](NC(=O)C1(N2CCC(Oc3cccc(Cl)c3)CC2)CCOCC1)c1ccc(C(=O)O)cc1.Cl. The number of rotatable bonds is 7. The Morgan fingerprint density at radius 2 is 1.80 bits per heavy atom. The van der Waals surface area contributed by atoms with Gasteiger partial charge in [-0.05, 0) is 68.5 Å². The number of hydrogen-bond donors (Lipinski definition) is 2. The van der Waals surface area contributed by atoms with Crippen LogP contribution in [-0.2, 0) is 9.53 Å². The molecular weight excluding hydrogens is 491 g/mol. The van der Waals surface area contributed by atoms with Crippen molar-refractivity contribution < 1.29 is 24.2 Å². The third-order valence-electron chi connectivity index (χ3n) is 6.89. The third kappa shape index (κ3) is 6.47. The molecule has 0 bridgehead atoms. The minimum Gasteiger partial charge on any atom is -0.490 e. The summed E-state index contributed by atoms with van der Waals surface area (Å²) in [5, 5.41) is 13.0. The number of carbonyl (C=O) groups is 2. The maximum Gasteiger partial charge on any atom is 0.335 e. The lowest BCUT2D eigenvalue weighted by Gasteiger charge is -2.47. The zero-order chi connectivity index (χ0) is 24.1. The Balaban J connectivity index is 0.00000342. The molecule has 7 nitrogen and oxygen atoms in total. The van der Waals surface area contributed by atoms with Gasteiger partial charge >= 0.3 is 5.97 Å². The number of halogens is 2. The van der Waals surface area contributed by atoms with Gasteiger partial charge in [0.25, 0.3) is 0 Å². The molecule has 0 aliphatic carbocycles. The van der Waals surface area contributed by atoms with Gasteiger partial charge in [-0.1, -0.05) is 29.8 Å². The van der Waals surface area contributed by atoms with E-state index in [4.69, 9.17) is 26.2 Å². The lowest BCUT2D eigenvalue weighted by Crippen LogP contribution is -2.63. The lowest BCUT2D eigenvalue weighted by atomic mass is 9.84. The van der Waals surface area contributed by atoms with Crippen LogP contribution in [0.1, 0.15) is 54.6 Å². The number of nitrogens with one attached hydrogen (secondary N) is 1. The van der Waals surface area contributed by atoms with Crippen molar-refractivity contribution in [1.82, 2.24) is 10.2 Å². The van der Waals surface area contributed by atoms with Crippen molar-refractivity contribution in [1.29, 1.82) is 0 Å². The Bertz CT molecular complexity index is 1000. The van der Waals surface area contributed by atoms with E-state index < -0.39 is 11.5 Å². The highest BCUT2D eigenvalue weighted by molar-refractivity contribution is 6.30. The zero-order valence-electron chi connectivity index (χ0n) is 19.7. The highest BCUT2D eigenvalue weighted by Gasteiger charge is 2.46. The van der Waals surface area contributed by atoms with Crippen molar-refractivity contribution in [3.05, 3.63) is 64.7 Å². The number of hydrogen-bond acceptors (Lipinski definition) is 5. The van der Waals surface area contributed by atoms with E-state index in [1.165, 1.54) is 0 Å². The summed E-state index contributed by atoms with van der Waals surface area (Å²) in [6, 6.07) is 13.8. The predicted octanol–water partition coefficient (Wildman–Crippen LogP) is 4.73. The van der Waals surface area contributed by atoms with Crippen LogP contribution < -0.4 is 10.1 Å². The standard InChI is InChI=1S/C26H31ClN2O5.ClH/c1-18(19-5-7-20(8-6-19)24(30)31)28-25(32)26(11-15-33-16-12-26)29-13-9-22(10-14-29)34-23-4-2-3-21(27)17-23;/h2-8,17-18,22H,9-16H2,1H3,(H,28,32)(H,30,31);1H/t18-;/m0./s1. The van der Waals surface area contributed by atoms with E-state index in [0.717, 1.165) is 37.2 Å². The first-order valence-electron chi connectivity index (χ1n) is 11.8. The van der Waals surface area contributed by atoms with E-state index in [-0.39, 0.29) is 36.0 Å². The Morgan fingerprint density at radius 3 is 2.40 bits per heavy atom. The molecule has 0 aromatic heterocycles. The molecule has 4 rings (SSSR count). The average molecular weight is 523 g/mol. The number of carboxylic acids is 1. The van der Waals surface area contributed by atoms with Crippen molar-refractivity contribution in [2.75, 3.05) is 26.3 Å². The summed E-state index contributed by atoms with van der Waals surface area (Å²) in [5.74, 6) is -0.195. The van der Waals surface area contributed by atoms with Gasteiger partial charge in [0.1, 0.15) is 17.4 Å². The minimum atomic E-state index is -0.966. The van der Waals surface area contributed by atoms with Gasteiger partial charge in [-0.2, -0.15) is 0 Å². The fourth-order valence-corrected chi connectivity index (χ4v) is 5.04. The average Bonchev–Trinajstić information content (AvgIpc) is 2.85. The largest absolute Gasteiger partial charge is 0.490 e. The molecule has 2 heterocycles. The van der Waals surface area contributed by atoms with E-state index in [1.54, 1.807) is 24.3 Å². The molecule has 2 N–H and O–H groups in total. The van der Waals surface area contributed by atoms with Gasteiger partial charge in [-0.15, -0.1) is 12.4 Å². The molecular formula is C26H32Cl2N2O5. The van der Waals surface area contributed by atoms with Gasteiger partial charge in [0.2, 0.25) is 5.91 Å². The van der Waals surface area contributed by atoms with Gasteiger partial charge in [0.15, 0.2) is 0 Å². The van der Waals surface area contributed by atoms with Crippen molar-refractivity contribution in [2.45, 2.75) is 50.3 Å². The number of likely N-dealkylation sites (tertiary alicyclic amines) is 1. The van der Waals surface area contributed by atoms with Crippen LogP contribution in [0.15, 0.2) is 48.5 Å². The number of ether oxygens (including phenoxy) is 2. The number of aromatic carboxylic acids is 1. The van der Waals surface area contributed by atoms with Gasteiger partial charge in [-0.25, -0.2) is 4.79 Å². The number of amides is 1. The van der Waals surface area contributed by atoms with Gasteiger partial charge < -0.3 is 19.9 Å². The smallest absolute Gasteiger partial charge is 0.335 e. The molecule has 2 aliphatic rings. The van der Waals surface area contributed by atoms with Crippen LogP contribution in [0.4, 0.5) is 0 Å². The molecule has 2 aromatic carbocycles. The van der Waals surface area contributed by atoms with Crippen molar-refractivity contribution in [3.63, 3.8) is 0 Å². The van der Waals surface area contributed by atoms with Crippen LogP contribution in [0.25, 0.3) is 0 Å². The van der Waals surface area contributed by atoms with E-state index in [2.05, 4.69) is 10.2 Å². The van der Waals surface area contributed by atoms with Crippen molar-refractivity contribution in [3.8, 4) is 5.75 Å². The Morgan fingerprint density at radius 1 is 1.14 bits per heavy atom. The summed E-state index contributed by atoms with van der Waals surface area (Å²) in [7, 11) is 0. The zero-order valence-corrected chi connectivity index (χ0v) is 21.3. The molecule has 2 fully saturated rings. The van der Waals surface area contributed by atoms with Crippen molar-refractivity contribution >= 4 is 35.9 Å². The van der Waals surface area contributed by atoms with Crippen LogP contribution in [0.5, 0.6) is 5.75 Å². The monoisotopic (exact) mass is 522 g/mol. The lowest BCUT2D eigenvalue weighted by molar-refractivity contribution is -0.143. The highest BCUT2D eigenvalue weighted by Crippen LogP contribution is 2.33. The maximum atomic E-state index is 13.6. The topological polar surface area (TPSA) is 88.1 Å². The number of piperidine rings is 1. The predicted molar refractivity (Wildman–Crippen MR) is 137 cm³/mol. The summed E-state index contributed by atoms with van der Waals surface area (Å²) >= 11 is 6.08. The summed E-state index contributed by atoms with van der Waals surface area (Å²) in [6.45, 7) is 4.55. The fourth-order valence-electron chi connectivity index (χ4n) is 4.86. The minimum absolute atomic E-state index is 0. The summed E-state index contributed by atoms with van der Waals surface area (Å²) in [6.07, 6.45) is 3.02. The van der Waals surface area contributed by atoms with Crippen LogP contribution in [0.2, 0.25) is 5.02 Å². The van der Waals surface area contributed by atoms with Crippen molar-refractivity contribution in [2.24, 2.45) is 0 Å². The second-order valence-corrected chi connectivity index (χ2v) is 9.46. The van der Waals surface area contributed by atoms with Crippen LogP contribution >= 0.6 is 24.0 Å². The number of benzene rings is 2. The Kier molecular flexibility index (Phi) is 9.41. The Labute approximate surface area is 217 Å². The fraction of sp³-hybridized carbons (Fsp3) is 0.462. The first-order chi connectivity index (χ1) is 16.4. The normalized spacial score (nSPS) is 19.3. The summed E-state index contributed by atoms with van der Waals surface area (Å²) in [5.41, 5.74) is 0.481. The summed E-state index contributed by atoms with van der Waals surface area (Å²) < 4.78 is 11.7. The van der Waals surface area contributed by atoms with E-state index in [9.17, 15) is 9.59 Å². The molecule has 190 valence electrons. The van der Waals surface area contributed by atoms with Gasteiger partial charge in [0, 0.05) is 31.3 Å². The first kappa shape index (κ1) is 27.3. The third-order valence-corrected chi connectivity index (χ3v) is 7.13. The molecule has 0 unspecified atom stereocenters. The summed E-state index contributed by atoms with van der Waals surface area (Å²) in [4.78, 5) is 27.1. The van der Waals surface area contributed by atoms with Crippen LogP contribution in [-0.4, -0.2) is 59.8 Å². The quantitative estimate of drug-likeness (QED) is 0.546. The molecule has 35 heavy (non-hydrogen) atoms. The van der Waals surface area contributed by atoms with Gasteiger partial charge in [-0.3, -0.25) is 9.69 Å². The second kappa shape index (κ2) is 12.1. The molecule has 9 heteroatoms. The number of carboxylic acid groups (broad SMARTS) is 1. The molecule has 0 spiro atoms. The van der Waals surface area contributed by atoms with E-state index in [0.29, 0.717) is 31.1 Å². The molecule has 0 saturated carbocycles. The molecule has 2 aliphatic heterocycles. The Hall–Kier alpha value is -2.32.